The summed E-state index contributed by atoms with van der Waals surface area (Å²) in [6.45, 7) is 1.01. The van der Waals surface area contributed by atoms with Crippen LogP contribution in [-0.4, -0.2) is 23.5 Å². The number of nitrogens with zero attached hydrogens (tertiary/aromatic N) is 2. The Morgan fingerprint density at radius 3 is 3.00 bits per heavy atom. The summed E-state index contributed by atoms with van der Waals surface area (Å²) in [5, 5.41) is 0. The quantitative estimate of drug-likeness (QED) is 0.877. The highest BCUT2D eigenvalue weighted by molar-refractivity contribution is 5.97. The number of nitrogens with one attached hydrogen (secondary N) is 1. The Hall–Kier alpha value is -2.14. The summed E-state index contributed by atoms with van der Waals surface area (Å²) in [6.07, 6.45) is 5.35. The molecule has 2 fully saturated rings. The lowest BCUT2D eigenvalue weighted by atomic mass is 10.2. The van der Waals surface area contributed by atoms with Crippen molar-refractivity contribution in [2.75, 3.05) is 11.4 Å². The zero-order valence-corrected chi connectivity index (χ0v) is 11.0. The van der Waals surface area contributed by atoms with Crippen LogP contribution in [0.25, 0.3) is 0 Å². The van der Waals surface area contributed by atoms with Gasteiger partial charge in [-0.05, 0) is 24.3 Å². The fraction of sp³-hybridized carbons (Fsp3) is 0.333. The van der Waals surface area contributed by atoms with Crippen molar-refractivity contribution < 1.29 is 14.1 Å². The summed E-state index contributed by atoms with van der Waals surface area (Å²) < 4.78 is 5.58. The van der Waals surface area contributed by atoms with E-state index in [0.29, 0.717) is 5.82 Å². The van der Waals surface area contributed by atoms with E-state index in [-0.39, 0.29) is 18.1 Å². The molecule has 0 aromatic carbocycles. The van der Waals surface area contributed by atoms with Crippen LogP contribution in [0.1, 0.15) is 24.8 Å². The molecule has 2 aliphatic rings. The lowest BCUT2D eigenvalue weighted by molar-refractivity contribution is -0.925. The lowest BCUT2D eigenvalue weighted by Gasteiger charge is -2.23. The number of anilines is 1. The second-order valence-corrected chi connectivity index (χ2v) is 5.33. The van der Waals surface area contributed by atoms with Gasteiger partial charge in [0.15, 0.2) is 11.8 Å². The van der Waals surface area contributed by atoms with Crippen LogP contribution in [0.15, 0.2) is 47.2 Å². The molecule has 4 rings (SSSR count). The van der Waals surface area contributed by atoms with Gasteiger partial charge in [-0.1, -0.05) is 6.07 Å². The number of furan rings is 1. The zero-order valence-electron chi connectivity index (χ0n) is 11.0. The zero-order chi connectivity index (χ0) is 13.5. The van der Waals surface area contributed by atoms with Crippen LogP contribution in [0.3, 0.4) is 0 Å². The molecule has 0 bridgehead atoms. The van der Waals surface area contributed by atoms with Crippen molar-refractivity contribution in [3.63, 3.8) is 0 Å². The van der Waals surface area contributed by atoms with E-state index in [0.717, 1.165) is 25.1 Å². The number of hydrogen-bond donors (Lipinski definition) is 1. The number of fused-ring (bicyclic) bond motifs is 1. The first kappa shape index (κ1) is 11.7. The smallest absolute Gasteiger partial charge is 0.291 e. The van der Waals surface area contributed by atoms with E-state index in [1.54, 1.807) is 17.4 Å². The molecule has 0 radical (unpaired) electrons. The SMILES string of the molecule is O=C1[C@@H]2CCC[NH+]2[C@@H](c2ccco2)N1c1ccccn1. The molecule has 5 heteroatoms. The Labute approximate surface area is 116 Å². The van der Waals surface area contributed by atoms with Crippen LogP contribution in [0.2, 0.25) is 0 Å². The van der Waals surface area contributed by atoms with Crippen LogP contribution < -0.4 is 9.80 Å². The molecular weight excluding hydrogens is 254 g/mol. The Morgan fingerprint density at radius 2 is 2.25 bits per heavy atom. The summed E-state index contributed by atoms with van der Waals surface area (Å²) >= 11 is 0. The molecule has 0 spiro atoms. The van der Waals surface area contributed by atoms with Gasteiger partial charge in [0.25, 0.3) is 5.91 Å². The van der Waals surface area contributed by atoms with E-state index < -0.39 is 0 Å². The Morgan fingerprint density at radius 1 is 1.30 bits per heavy atom. The summed E-state index contributed by atoms with van der Waals surface area (Å²) in [7, 11) is 0. The molecule has 2 aliphatic heterocycles. The van der Waals surface area contributed by atoms with E-state index in [2.05, 4.69) is 4.98 Å². The molecule has 0 saturated carbocycles. The maximum absolute atomic E-state index is 12.7. The highest BCUT2D eigenvalue weighted by Gasteiger charge is 2.55. The minimum Gasteiger partial charge on any atom is -0.461 e. The Balaban J connectivity index is 1.81. The van der Waals surface area contributed by atoms with E-state index in [4.69, 9.17) is 4.42 Å². The van der Waals surface area contributed by atoms with Crippen molar-refractivity contribution in [3.05, 3.63) is 48.6 Å². The van der Waals surface area contributed by atoms with E-state index in [1.165, 1.54) is 4.90 Å². The number of hydrogen-bond acceptors (Lipinski definition) is 3. The van der Waals surface area contributed by atoms with Gasteiger partial charge < -0.3 is 4.42 Å². The topological polar surface area (TPSA) is 50.8 Å². The van der Waals surface area contributed by atoms with Gasteiger partial charge in [-0.3, -0.25) is 9.69 Å². The van der Waals surface area contributed by atoms with Crippen molar-refractivity contribution in [2.45, 2.75) is 25.0 Å². The molecule has 102 valence electrons. The first-order chi connectivity index (χ1) is 9.86. The third-order valence-electron chi connectivity index (χ3n) is 4.26. The lowest BCUT2D eigenvalue weighted by Crippen LogP contribution is -3.12. The summed E-state index contributed by atoms with van der Waals surface area (Å²) in [6, 6.07) is 9.52. The minimum absolute atomic E-state index is 0.0482. The van der Waals surface area contributed by atoms with Crippen molar-refractivity contribution in [3.8, 4) is 0 Å². The normalized spacial score (nSPS) is 28.9. The molecule has 2 saturated heterocycles. The van der Waals surface area contributed by atoms with Gasteiger partial charge in [-0.2, -0.15) is 0 Å². The molecule has 1 unspecified atom stereocenters. The summed E-state index contributed by atoms with van der Waals surface area (Å²) in [4.78, 5) is 20.2. The fourth-order valence-corrected chi connectivity index (χ4v) is 3.44. The van der Waals surface area contributed by atoms with Crippen LogP contribution in [0, 0.1) is 0 Å². The van der Waals surface area contributed by atoms with Crippen LogP contribution in [0.4, 0.5) is 5.82 Å². The maximum Gasteiger partial charge on any atom is 0.291 e. The summed E-state index contributed by atoms with van der Waals surface area (Å²) in [5.41, 5.74) is 0. The Bertz CT molecular complexity index is 611. The highest BCUT2D eigenvalue weighted by Crippen LogP contribution is 2.29. The van der Waals surface area contributed by atoms with Crippen LogP contribution >= 0.6 is 0 Å². The molecule has 4 heterocycles. The molecule has 0 aliphatic carbocycles. The molecule has 20 heavy (non-hydrogen) atoms. The number of carbonyl (C=O) groups excluding carboxylic acids is 1. The largest absolute Gasteiger partial charge is 0.461 e. The Kier molecular flexibility index (Phi) is 2.60. The van der Waals surface area contributed by atoms with Crippen molar-refractivity contribution in [2.24, 2.45) is 0 Å². The second-order valence-electron chi connectivity index (χ2n) is 5.33. The van der Waals surface area contributed by atoms with Gasteiger partial charge in [0.2, 0.25) is 6.17 Å². The van der Waals surface area contributed by atoms with Crippen molar-refractivity contribution in [1.82, 2.24) is 4.98 Å². The number of carbonyl (C=O) groups is 1. The average Bonchev–Trinajstić information content (AvgIpc) is 3.18. The van der Waals surface area contributed by atoms with Gasteiger partial charge in [0.05, 0.1) is 12.8 Å². The highest BCUT2D eigenvalue weighted by atomic mass is 16.3. The van der Waals surface area contributed by atoms with Crippen molar-refractivity contribution >= 4 is 11.7 Å². The average molecular weight is 270 g/mol. The monoisotopic (exact) mass is 270 g/mol. The van der Waals surface area contributed by atoms with E-state index in [1.807, 2.05) is 30.3 Å². The number of quaternary nitrogens is 1. The van der Waals surface area contributed by atoms with Gasteiger partial charge in [-0.15, -0.1) is 0 Å². The second kappa shape index (κ2) is 4.45. The fourth-order valence-electron chi connectivity index (χ4n) is 3.44. The predicted molar refractivity (Wildman–Crippen MR) is 72.0 cm³/mol. The van der Waals surface area contributed by atoms with Gasteiger partial charge in [-0.25, -0.2) is 9.88 Å². The number of pyridine rings is 1. The maximum atomic E-state index is 12.7. The molecule has 3 atom stereocenters. The predicted octanol–water partition coefficient (Wildman–Crippen LogP) is 0.767. The molecule has 1 amide bonds. The first-order valence-electron chi connectivity index (χ1n) is 6.99. The summed E-state index contributed by atoms with van der Waals surface area (Å²) in [5.74, 6) is 1.71. The number of rotatable bonds is 2. The van der Waals surface area contributed by atoms with Gasteiger partial charge in [0.1, 0.15) is 5.82 Å². The van der Waals surface area contributed by atoms with Gasteiger partial charge in [0, 0.05) is 19.0 Å². The molecule has 1 N–H and O–H groups in total. The van der Waals surface area contributed by atoms with E-state index in [9.17, 15) is 4.79 Å². The van der Waals surface area contributed by atoms with Crippen LogP contribution in [0.5, 0.6) is 0 Å². The molecule has 5 nitrogen and oxygen atoms in total. The first-order valence-corrected chi connectivity index (χ1v) is 6.99. The third kappa shape index (κ3) is 1.59. The van der Waals surface area contributed by atoms with E-state index >= 15 is 0 Å². The number of amides is 1. The standard InChI is InChI=1S/C15H15N3O2/c19-15-11-5-3-9-17(11)14(12-6-4-10-20-12)18(15)13-7-1-2-8-16-13/h1-2,4,6-8,10-11,14H,3,5,9H2/p+1/t11-,14+/m0/s1. The van der Waals surface area contributed by atoms with Gasteiger partial charge >= 0.3 is 0 Å². The molecule has 2 aromatic rings. The van der Waals surface area contributed by atoms with Crippen LogP contribution in [-0.2, 0) is 4.79 Å². The number of aromatic nitrogens is 1. The van der Waals surface area contributed by atoms with Crippen molar-refractivity contribution in [1.29, 1.82) is 0 Å². The molecule has 2 aromatic heterocycles. The third-order valence-corrected chi connectivity index (χ3v) is 4.26. The minimum atomic E-state index is -0.0834. The molecular formula is C15H16N3O2+.